The van der Waals surface area contributed by atoms with Crippen molar-refractivity contribution in [1.82, 2.24) is 4.90 Å². The molecule has 1 saturated heterocycles. The third-order valence-electron chi connectivity index (χ3n) is 6.33. The molecule has 0 amide bonds. The predicted molar refractivity (Wildman–Crippen MR) is 113 cm³/mol. The van der Waals surface area contributed by atoms with Crippen molar-refractivity contribution in [3.05, 3.63) is 59.7 Å². The minimum absolute atomic E-state index is 0.717. The van der Waals surface area contributed by atoms with E-state index in [1.807, 2.05) is 0 Å². The molecule has 4 rings (SSSR count). The predicted octanol–water partition coefficient (Wildman–Crippen LogP) is 4.72. The van der Waals surface area contributed by atoms with Gasteiger partial charge in [0.1, 0.15) is 5.75 Å². The van der Waals surface area contributed by atoms with Crippen molar-refractivity contribution in [2.24, 2.45) is 0 Å². The zero-order valence-corrected chi connectivity index (χ0v) is 16.6. The first-order chi connectivity index (χ1) is 13.3. The summed E-state index contributed by atoms with van der Waals surface area (Å²) in [4.78, 5) is 5.16. The lowest BCUT2D eigenvalue weighted by atomic mass is 9.80. The van der Waals surface area contributed by atoms with E-state index in [1.165, 1.54) is 63.0 Å². The molecule has 3 heteroatoms. The molecule has 1 aliphatic carbocycles. The van der Waals surface area contributed by atoms with Gasteiger partial charge in [-0.2, -0.15) is 0 Å². The number of benzene rings is 2. The van der Waals surface area contributed by atoms with E-state index in [2.05, 4.69) is 58.3 Å². The average molecular weight is 364 g/mol. The SMILES string of the molecule is [11CH3]Oc1cccc2c1CCCC2CCCN1CCN(c2ccccc2)CC1. The summed E-state index contributed by atoms with van der Waals surface area (Å²) in [7, 11) is 1.80. The molecule has 27 heavy (non-hydrogen) atoms. The number of piperazine rings is 1. The summed E-state index contributed by atoms with van der Waals surface area (Å²) in [5.74, 6) is 1.81. The van der Waals surface area contributed by atoms with Crippen molar-refractivity contribution in [3.8, 4) is 5.75 Å². The molecule has 2 aliphatic rings. The maximum atomic E-state index is 5.59. The van der Waals surface area contributed by atoms with E-state index in [0.717, 1.165) is 24.8 Å². The van der Waals surface area contributed by atoms with Gasteiger partial charge in [0, 0.05) is 31.9 Å². The van der Waals surface area contributed by atoms with Crippen molar-refractivity contribution < 1.29 is 4.74 Å². The largest absolute Gasteiger partial charge is 0.496 e. The van der Waals surface area contributed by atoms with Crippen molar-refractivity contribution in [1.29, 1.82) is 0 Å². The van der Waals surface area contributed by atoms with E-state index >= 15 is 0 Å². The third kappa shape index (κ3) is 4.30. The molecule has 0 radical (unpaired) electrons. The van der Waals surface area contributed by atoms with Gasteiger partial charge in [-0.1, -0.05) is 30.3 Å². The first-order valence-corrected chi connectivity index (χ1v) is 10.5. The molecule has 1 aliphatic heterocycles. The van der Waals surface area contributed by atoms with E-state index in [1.54, 1.807) is 12.7 Å². The maximum absolute atomic E-state index is 5.59. The van der Waals surface area contributed by atoms with Crippen LogP contribution >= 0.6 is 0 Å². The summed E-state index contributed by atoms with van der Waals surface area (Å²) in [6, 6.07) is 17.4. The molecule has 0 spiro atoms. The monoisotopic (exact) mass is 363 g/mol. The van der Waals surface area contributed by atoms with Gasteiger partial charge < -0.3 is 9.64 Å². The van der Waals surface area contributed by atoms with Gasteiger partial charge in [-0.15, -0.1) is 0 Å². The van der Waals surface area contributed by atoms with E-state index in [0.29, 0.717) is 0 Å². The topological polar surface area (TPSA) is 15.7 Å². The highest BCUT2D eigenvalue weighted by atomic mass is 16.4. The number of anilines is 1. The molecule has 1 unspecified atom stereocenters. The Kier molecular flexibility index (Phi) is 5.98. The van der Waals surface area contributed by atoms with Crippen LogP contribution in [-0.4, -0.2) is 44.7 Å². The Hall–Kier alpha value is -2.00. The number of para-hydroxylation sites is 1. The van der Waals surface area contributed by atoms with Crippen LogP contribution in [0.2, 0.25) is 0 Å². The van der Waals surface area contributed by atoms with E-state index < -0.39 is 0 Å². The minimum atomic E-state index is 0.717. The van der Waals surface area contributed by atoms with Gasteiger partial charge in [-0.3, -0.25) is 4.90 Å². The summed E-state index contributed by atoms with van der Waals surface area (Å²) in [6.45, 7) is 5.90. The van der Waals surface area contributed by atoms with Crippen molar-refractivity contribution in [3.63, 3.8) is 0 Å². The van der Waals surface area contributed by atoms with Crippen LogP contribution in [0.5, 0.6) is 5.75 Å². The first kappa shape index (κ1) is 18.4. The molecule has 3 nitrogen and oxygen atoms in total. The van der Waals surface area contributed by atoms with Crippen LogP contribution in [0.4, 0.5) is 5.69 Å². The minimum Gasteiger partial charge on any atom is -0.496 e. The fourth-order valence-corrected chi connectivity index (χ4v) is 4.83. The normalized spacial score (nSPS) is 20.3. The van der Waals surface area contributed by atoms with Crippen LogP contribution in [-0.2, 0) is 6.42 Å². The van der Waals surface area contributed by atoms with Crippen LogP contribution in [0.15, 0.2) is 48.5 Å². The summed E-state index contributed by atoms with van der Waals surface area (Å²) in [6.07, 6.45) is 6.42. The van der Waals surface area contributed by atoms with E-state index in [-0.39, 0.29) is 0 Å². The highest BCUT2D eigenvalue weighted by Crippen LogP contribution is 2.38. The van der Waals surface area contributed by atoms with Crippen molar-refractivity contribution >= 4 is 5.69 Å². The highest BCUT2D eigenvalue weighted by molar-refractivity contribution is 5.46. The third-order valence-corrected chi connectivity index (χ3v) is 6.33. The molecule has 1 atom stereocenters. The zero-order valence-electron chi connectivity index (χ0n) is 16.6. The van der Waals surface area contributed by atoms with Gasteiger partial charge in [-0.25, -0.2) is 0 Å². The molecular weight excluding hydrogens is 331 g/mol. The number of fused-ring (bicyclic) bond motifs is 1. The second-order valence-corrected chi connectivity index (χ2v) is 7.92. The number of rotatable bonds is 6. The number of nitrogens with zero attached hydrogens (tertiary/aromatic N) is 2. The molecular formula is C24H32N2O. The van der Waals surface area contributed by atoms with Crippen LogP contribution in [0.3, 0.4) is 0 Å². The fourth-order valence-electron chi connectivity index (χ4n) is 4.83. The molecule has 2 aromatic carbocycles. The van der Waals surface area contributed by atoms with Crippen LogP contribution in [0.25, 0.3) is 0 Å². The Morgan fingerprint density at radius 2 is 1.78 bits per heavy atom. The van der Waals surface area contributed by atoms with Crippen molar-refractivity contribution in [2.45, 2.75) is 38.0 Å². The second-order valence-electron chi connectivity index (χ2n) is 7.92. The Morgan fingerprint density at radius 3 is 2.56 bits per heavy atom. The average Bonchev–Trinajstić information content (AvgIpc) is 2.74. The summed E-state index contributed by atoms with van der Waals surface area (Å²) in [5.41, 5.74) is 4.38. The van der Waals surface area contributed by atoms with E-state index in [9.17, 15) is 0 Å². The smallest absolute Gasteiger partial charge is 0.122 e. The van der Waals surface area contributed by atoms with Crippen molar-refractivity contribution in [2.75, 3.05) is 44.7 Å². The summed E-state index contributed by atoms with van der Waals surface area (Å²) >= 11 is 0. The Bertz CT molecular complexity index is 722. The Morgan fingerprint density at radius 1 is 0.963 bits per heavy atom. The van der Waals surface area contributed by atoms with Gasteiger partial charge in [0.25, 0.3) is 0 Å². The molecule has 0 N–H and O–H groups in total. The maximum Gasteiger partial charge on any atom is 0.122 e. The lowest BCUT2D eigenvalue weighted by Crippen LogP contribution is -2.46. The quantitative estimate of drug-likeness (QED) is 0.739. The van der Waals surface area contributed by atoms with Gasteiger partial charge >= 0.3 is 0 Å². The first-order valence-electron chi connectivity index (χ1n) is 10.5. The molecule has 1 heterocycles. The molecule has 0 aromatic heterocycles. The van der Waals surface area contributed by atoms with Crippen LogP contribution in [0.1, 0.15) is 42.7 Å². The number of hydrogen-bond donors (Lipinski definition) is 0. The highest BCUT2D eigenvalue weighted by Gasteiger charge is 2.23. The van der Waals surface area contributed by atoms with Crippen LogP contribution in [0, 0.1) is 0 Å². The van der Waals surface area contributed by atoms with Gasteiger partial charge in [0.05, 0.1) is 7.11 Å². The lowest BCUT2D eigenvalue weighted by molar-refractivity contribution is 0.249. The van der Waals surface area contributed by atoms with E-state index in [4.69, 9.17) is 4.74 Å². The summed E-state index contributed by atoms with van der Waals surface area (Å²) in [5, 5.41) is 0. The zero-order chi connectivity index (χ0) is 18.5. The molecule has 1 fully saturated rings. The Balaban J connectivity index is 1.26. The standard InChI is InChI=1S/C24H32N2O/c1-27-24-14-6-12-22-20(8-5-13-23(22)24)9-7-15-25-16-18-26(19-17-25)21-10-3-2-4-11-21/h2-4,6,10-12,14,20H,5,7-9,13,15-19H2,1H3/i1-1. The second kappa shape index (κ2) is 8.79. The lowest BCUT2D eigenvalue weighted by Gasteiger charge is -2.36. The molecule has 0 bridgehead atoms. The molecule has 0 saturated carbocycles. The van der Waals surface area contributed by atoms with Gasteiger partial charge in [-0.05, 0) is 73.9 Å². The molecule has 144 valence electrons. The van der Waals surface area contributed by atoms with Gasteiger partial charge in [0.15, 0.2) is 0 Å². The number of methoxy groups -OCH3 is 1. The van der Waals surface area contributed by atoms with Crippen LogP contribution < -0.4 is 9.64 Å². The number of hydrogen-bond acceptors (Lipinski definition) is 3. The number of ether oxygens (including phenoxy) is 1. The summed E-state index contributed by atoms with van der Waals surface area (Å²) < 4.78 is 5.59. The fraction of sp³-hybridized carbons (Fsp3) is 0.500. The Labute approximate surface area is 163 Å². The van der Waals surface area contributed by atoms with Gasteiger partial charge in [0.2, 0.25) is 0 Å². The molecule has 2 aromatic rings.